The number of hydrogen-bond acceptors (Lipinski definition) is 3. The van der Waals surface area contributed by atoms with Gasteiger partial charge in [0.05, 0.1) is 0 Å². The Morgan fingerprint density at radius 3 is 2.50 bits per heavy atom. The van der Waals surface area contributed by atoms with Crippen LogP contribution in [0.4, 0.5) is 0 Å². The van der Waals surface area contributed by atoms with Crippen molar-refractivity contribution in [2.75, 3.05) is 0 Å². The fourth-order valence-electron chi connectivity index (χ4n) is 1.82. The predicted octanol–water partition coefficient (Wildman–Crippen LogP) is 2.97. The second kappa shape index (κ2) is 3.21. The lowest BCUT2D eigenvalue weighted by Gasteiger charge is -2.18. The first-order valence-corrected chi connectivity index (χ1v) is 6.10. The normalized spacial score (nSPS) is 21.5. The molecule has 12 heavy (non-hydrogen) atoms. The van der Waals surface area contributed by atoms with Gasteiger partial charge in [-0.3, -0.25) is 0 Å². The minimum Gasteiger partial charge on any atom is -0.142 e. The monoisotopic (exact) mass is 294 g/mol. The van der Waals surface area contributed by atoms with Gasteiger partial charge in [-0.2, -0.15) is 0 Å². The standard InChI is InChI=1S/C8H11IN2S/c1-8(4-2-3-5-8)6-10-11-7(9)12-6/h2-5H2,1H3. The van der Waals surface area contributed by atoms with E-state index in [0.717, 1.165) is 3.01 Å². The Morgan fingerprint density at radius 2 is 2.00 bits per heavy atom. The van der Waals surface area contributed by atoms with Crippen LogP contribution in [0.15, 0.2) is 0 Å². The summed E-state index contributed by atoms with van der Waals surface area (Å²) in [7, 11) is 0. The van der Waals surface area contributed by atoms with Gasteiger partial charge in [0.25, 0.3) is 0 Å². The molecule has 2 rings (SSSR count). The number of hydrogen-bond donors (Lipinski definition) is 0. The van der Waals surface area contributed by atoms with Gasteiger partial charge in [0.1, 0.15) is 5.01 Å². The summed E-state index contributed by atoms with van der Waals surface area (Å²) in [6.07, 6.45) is 5.29. The fraction of sp³-hybridized carbons (Fsp3) is 0.750. The molecule has 66 valence electrons. The number of nitrogens with zero attached hydrogens (tertiary/aromatic N) is 2. The molecule has 0 bridgehead atoms. The first-order valence-electron chi connectivity index (χ1n) is 4.20. The van der Waals surface area contributed by atoms with Crippen LogP contribution in [0.3, 0.4) is 0 Å². The summed E-state index contributed by atoms with van der Waals surface area (Å²) in [5.41, 5.74) is 0.348. The van der Waals surface area contributed by atoms with E-state index in [0.29, 0.717) is 5.41 Å². The molecule has 1 aromatic heterocycles. The molecular formula is C8H11IN2S. The minimum absolute atomic E-state index is 0.348. The molecule has 0 saturated heterocycles. The fourth-order valence-corrected chi connectivity index (χ4v) is 3.33. The van der Waals surface area contributed by atoms with Gasteiger partial charge < -0.3 is 0 Å². The maximum Gasteiger partial charge on any atom is 0.178 e. The molecule has 0 radical (unpaired) electrons. The van der Waals surface area contributed by atoms with Gasteiger partial charge >= 0.3 is 0 Å². The van der Waals surface area contributed by atoms with Crippen LogP contribution in [0.2, 0.25) is 0 Å². The smallest absolute Gasteiger partial charge is 0.142 e. The number of rotatable bonds is 1. The van der Waals surface area contributed by atoms with E-state index in [4.69, 9.17) is 0 Å². The van der Waals surface area contributed by atoms with E-state index in [-0.39, 0.29) is 0 Å². The Balaban J connectivity index is 2.28. The molecule has 0 N–H and O–H groups in total. The molecule has 1 heterocycles. The molecular weight excluding hydrogens is 283 g/mol. The van der Waals surface area contributed by atoms with E-state index >= 15 is 0 Å². The highest BCUT2D eigenvalue weighted by molar-refractivity contribution is 14.1. The Kier molecular flexibility index (Phi) is 2.37. The Hall–Kier alpha value is 0.290. The second-order valence-corrected chi connectivity index (χ2v) is 6.36. The van der Waals surface area contributed by atoms with E-state index in [2.05, 4.69) is 39.7 Å². The largest absolute Gasteiger partial charge is 0.178 e. The van der Waals surface area contributed by atoms with Crippen molar-refractivity contribution in [3.05, 3.63) is 8.02 Å². The van der Waals surface area contributed by atoms with E-state index in [9.17, 15) is 0 Å². The van der Waals surface area contributed by atoms with Crippen molar-refractivity contribution in [1.29, 1.82) is 0 Å². The third-order valence-electron chi connectivity index (χ3n) is 2.62. The van der Waals surface area contributed by atoms with Crippen LogP contribution in [0.25, 0.3) is 0 Å². The molecule has 4 heteroatoms. The van der Waals surface area contributed by atoms with Crippen molar-refractivity contribution in [2.24, 2.45) is 0 Å². The maximum absolute atomic E-state index is 4.23. The summed E-state index contributed by atoms with van der Waals surface area (Å²) in [5.74, 6) is 0. The van der Waals surface area contributed by atoms with Gasteiger partial charge in [-0.15, -0.1) is 10.2 Å². The molecule has 1 aromatic rings. The highest BCUT2D eigenvalue weighted by atomic mass is 127. The summed E-state index contributed by atoms with van der Waals surface area (Å²) < 4.78 is 1.07. The van der Waals surface area contributed by atoms with Gasteiger partial charge in [-0.05, 0) is 35.4 Å². The van der Waals surface area contributed by atoms with Crippen molar-refractivity contribution >= 4 is 33.9 Å². The number of halogens is 1. The molecule has 0 aromatic carbocycles. The first-order chi connectivity index (χ1) is 5.71. The average molecular weight is 294 g/mol. The first kappa shape index (κ1) is 8.87. The predicted molar refractivity (Wildman–Crippen MR) is 58.4 cm³/mol. The van der Waals surface area contributed by atoms with Crippen LogP contribution in [0, 0.1) is 3.01 Å². The molecule has 1 fully saturated rings. The van der Waals surface area contributed by atoms with Crippen molar-refractivity contribution in [2.45, 2.75) is 38.0 Å². The maximum atomic E-state index is 4.23. The van der Waals surface area contributed by atoms with Crippen LogP contribution in [-0.4, -0.2) is 10.2 Å². The van der Waals surface area contributed by atoms with Crippen LogP contribution in [0.1, 0.15) is 37.6 Å². The minimum atomic E-state index is 0.348. The van der Waals surface area contributed by atoms with Gasteiger partial charge in [0, 0.05) is 5.41 Å². The lowest BCUT2D eigenvalue weighted by Crippen LogP contribution is -2.16. The van der Waals surface area contributed by atoms with Crippen LogP contribution in [-0.2, 0) is 5.41 Å². The quantitative estimate of drug-likeness (QED) is 0.744. The molecule has 0 spiro atoms. The summed E-state index contributed by atoms with van der Waals surface area (Å²) in [6.45, 7) is 2.32. The third kappa shape index (κ3) is 1.51. The van der Waals surface area contributed by atoms with E-state index in [1.807, 2.05) is 0 Å². The van der Waals surface area contributed by atoms with Crippen molar-refractivity contribution in [3.63, 3.8) is 0 Å². The molecule has 0 amide bonds. The van der Waals surface area contributed by atoms with Crippen LogP contribution >= 0.6 is 33.9 Å². The topological polar surface area (TPSA) is 25.8 Å². The van der Waals surface area contributed by atoms with Gasteiger partial charge in [0.15, 0.2) is 3.01 Å². The SMILES string of the molecule is CC1(c2nnc(I)s2)CCCC1. The van der Waals surface area contributed by atoms with Crippen molar-refractivity contribution in [1.82, 2.24) is 10.2 Å². The van der Waals surface area contributed by atoms with Gasteiger partial charge in [0.2, 0.25) is 0 Å². The summed E-state index contributed by atoms with van der Waals surface area (Å²) in [5, 5.41) is 9.53. The molecule has 1 aliphatic rings. The van der Waals surface area contributed by atoms with Crippen LogP contribution < -0.4 is 0 Å². The molecule has 1 saturated carbocycles. The molecule has 0 unspecified atom stereocenters. The lowest BCUT2D eigenvalue weighted by molar-refractivity contribution is 0.484. The zero-order valence-electron chi connectivity index (χ0n) is 7.01. The summed E-state index contributed by atoms with van der Waals surface area (Å²) >= 11 is 3.99. The summed E-state index contributed by atoms with van der Waals surface area (Å²) in [4.78, 5) is 0. The van der Waals surface area contributed by atoms with Gasteiger partial charge in [-0.25, -0.2) is 0 Å². The van der Waals surface area contributed by atoms with Gasteiger partial charge in [-0.1, -0.05) is 31.1 Å². The summed E-state index contributed by atoms with van der Waals surface area (Å²) in [6, 6.07) is 0. The van der Waals surface area contributed by atoms with E-state index in [1.165, 1.54) is 30.7 Å². The van der Waals surface area contributed by atoms with Crippen molar-refractivity contribution < 1.29 is 0 Å². The highest BCUT2D eigenvalue weighted by Gasteiger charge is 2.33. The van der Waals surface area contributed by atoms with Crippen molar-refractivity contribution in [3.8, 4) is 0 Å². The highest BCUT2D eigenvalue weighted by Crippen LogP contribution is 2.41. The molecule has 0 aliphatic heterocycles. The van der Waals surface area contributed by atoms with Crippen LogP contribution in [0.5, 0.6) is 0 Å². The Bertz CT molecular complexity index is 278. The number of aromatic nitrogens is 2. The average Bonchev–Trinajstić information content (AvgIpc) is 2.59. The lowest BCUT2D eigenvalue weighted by atomic mass is 9.90. The second-order valence-electron chi connectivity index (χ2n) is 3.63. The Labute approximate surface area is 89.9 Å². The zero-order chi connectivity index (χ0) is 8.60. The zero-order valence-corrected chi connectivity index (χ0v) is 9.98. The van der Waals surface area contributed by atoms with E-state index < -0.39 is 0 Å². The molecule has 0 atom stereocenters. The third-order valence-corrected chi connectivity index (χ3v) is 4.52. The Morgan fingerprint density at radius 1 is 1.33 bits per heavy atom. The molecule has 1 aliphatic carbocycles. The molecule has 2 nitrogen and oxygen atoms in total. The van der Waals surface area contributed by atoms with E-state index in [1.54, 1.807) is 11.3 Å².